The summed E-state index contributed by atoms with van der Waals surface area (Å²) in [6.45, 7) is 6.00. The van der Waals surface area contributed by atoms with E-state index in [0.29, 0.717) is 23.7 Å². The number of aromatic nitrogens is 4. The van der Waals surface area contributed by atoms with Gasteiger partial charge in [0.2, 0.25) is 0 Å². The summed E-state index contributed by atoms with van der Waals surface area (Å²) in [5.41, 5.74) is 4.13. The minimum Gasteiger partial charge on any atom is -0.491 e. The number of pyridine rings is 1. The second-order valence-electron chi connectivity index (χ2n) is 6.58. The summed E-state index contributed by atoms with van der Waals surface area (Å²) in [7, 11) is 0. The summed E-state index contributed by atoms with van der Waals surface area (Å²) in [6, 6.07) is 7.33. The summed E-state index contributed by atoms with van der Waals surface area (Å²) >= 11 is 0. The van der Waals surface area contributed by atoms with Crippen molar-refractivity contribution in [3.63, 3.8) is 0 Å². The Kier molecular flexibility index (Phi) is 6.46. The number of halogens is 1. The van der Waals surface area contributed by atoms with Crippen molar-refractivity contribution >= 4 is 35.2 Å². The molecule has 0 radical (unpaired) electrons. The van der Waals surface area contributed by atoms with Gasteiger partial charge in [0.05, 0.1) is 35.3 Å². The molecule has 0 unspecified atom stereocenters. The molecule has 0 atom stereocenters. The van der Waals surface area contributed by atoms with Gasteiger partial charge in [0.15, 0.2) is 5.82 Å². The molecule has 0 bridgehead atoms. The Morgan fingerprint density at radius 3 is 2.86 bits per heavy atom. The number of nitrogens with zero attached hydrogens (tertiary/aromatic N) is 4. The van der Waals surface area contributed by atoms with Gasteiger partial charge in [-0.15, -0.1) is 22.6 Å². The standard InChI is InChI=1S/C20H22N6O2.ClH/c1-3-28-18-12-26-15(10-13(2)25-26)11-16(18)20(27)22-19-5-4-17(23-24-19)14-6-8-21-9-7-14;/h4-6,10-12,21H,3,7-9H2,1-2H3,(H,22,24,27);1H. The molecule has 9 heteroatoms. The van der Waals surface area contributed by atoms with Crippen LogP contribution in [0.4, 0.5) is 5.82 Å². The lowest BCUT2D eigenvalue weighted by atomic mass is 10.1. The second-order valence-corrected chi connectivity index (χ2v) is 6.58. The molecule has 8 nitrogen and oxygen atoms in total. The van der Waals surface area contributed by atoms with Crippen molar-refractivity contribution in [3.05, 3.63) is 53.5 Å². The second kappa shape index (κ2) is 9.02. The molecule has 152 valence electrons. The van der Waals surface area contributed by atoms with E-state index in [4.69, 9.17) is 4.74 Å². The first-order valence-corrected chi connectivity index (χ1v) is 9.32. The molecule has 4 heterocycles. The van der Waals surface area contributed by atoms with Crippen LogP contribution in [0.15, 0.2) is 36.5 Å². The van der Waals surface area contributed by atoms with Crippen LogP contribution in [0.2, 0.25) is 0 Å². The lowest BCUT2D eigenvalue weighted by Gasteiger charge is -2.13. The first-order valence-electron chi connectivity index (χ1n) is 9.32. The first-order chi connectivity index (χ1) is 13.6. The topological polar surface area (TPSA) is 93.4 Å². The van der Waals surface area contributed by atoms with E-state index in [1.54, 1.807) is 22.8 Å². The van der Waals surface area contributed by atoms with E-state index in [0.717, 1.165) is 36.4 Å². The molecule has 0 fully saturated rings. The van der Waals surface area contributed by atoms with Crippen LogP contribution >= 0.6 is 12.4 Å². The van der Waals surface area contributed by atoms with Crippen LogP contribution in [-0.4, -0.2) is 45.4 Å². The van der Waals surface area contributed by atoms with Gasteiger partial charge in [0, 0.05) is 6.54 Å². The number of ether oxygens (including phenoxy) is 1. The summed E-state index contributed by atoms with van der Waals surface area (Å²) in [6.07, 6.45) is 4.75. The number of carbonyl (C=O) groups excluding carboxylic acids is 1. The number of aryl methyl sites for hydroxylation is 1. The van der Waals surface area contributed by atoms with E-state index < -0.39 is 0 Å². The van der Waals surface area contributed by atoms with E-state index in [9.17, 15) is 4.79 Å². The van der Waals surface area contributed by atoms with Crippen LogP contribution in [0.5, 0.6) is 5.75 Å². The van der Waals surface area contributed by atoms with Gasteiger partial charge in [-0.2, -0.15) is 5.10 Å². The minimum absolute atomic E-state index is 0. The van der Waals surface area contributed by atoms with E-state index in [2.05, 4.69) is 32.0 Å². The number of hydrogen-bond acceptors (Lipinski definition) is 6. The third-order valence-electron chi connectivity index (χ3n) is 4.53. The molecule has 29 heavy (non-hydrogen) atoms. The monoisotopic (exact) mass is 414 g/mol. The fraction of sp³-hybridized carbons (Fsp3) is 0.300. The fourth-order valence-corrected chi connectivity index (χ4v) is 3.20. The molecular weight excluding hydrogens is 392 g/mol. The number of hydrogen-bond donors (Lipinski definition) is 2. The van der Waals surface area contributed by atoms with Crippen molar-refractivity contribution in [1.29, 1.82) is 0 Å². The molecule has 0 saturated heterocycles. The lowest BCUT2D eigenvalue weighted by Crippen LogP contribution is -2.20. The Bertz CT molecular complexity index is 1050. The highest BCUT2D eigenvalue weighted by molar-refractivity contribution is 6.06. The molecule has 1 amide bonds. The highest BCUT2D eigenvalue weighted by atomic mass is 35.5. The Labute approximate surface area is 174 Å². The Hall–Kier alpha value is -2.97. The van der Waals surface area contributed by atoms with Crippen LogP contribution in [0.1, 0.15) is 35.1 Å². The maximum atomic E-state index is 12.8. The zero-order valence-electron chi connectivity index (χ0n) is 16.3. The molecule has 1 aliphatic rings. The minimum atomic E-state index is -0.298. The smallest absolute Gasteiger partial charge is 0.260 e. The zero-order chi connectivity index (χ0) is 19.5. The van der Waals surface area contributed by atoms with Crippen molar-refractivity contribution in [2.24, 2.45) is 0 Å². The van der Waals surface area contributed by atoms with Crippen LogP contribution in [-0.2, 0) is 0 Å². The van der Waals surface area contributed by atoms with Gasteiger partial charge in [0.1, 0.15) is 5.75 Å². The summed E-state index contributed by atoms with van der Waals surface area (Å²) in [5.74, 6) is 0.572. The molecule has 4 rings (SSSR count). The summed E-state index contributed by atoms with van der Waals surface area (Å²) in [5, 5.41) is 18.9. The van der Waals surface area contributed by atoms with Crippen molar-refractivity contribution in [2.45, 2.75) is 20.3 Å². The summed E-state index contributed by atoms with van der Waals surface area (Å²) < 4.78 is 7.35. The average molecular weight is 415 g/mol. The molecule has 3 aromatic heterocycles. The zero-order valence-corrected chi connectivity index (χ0v) is 17.1. The van der Waals surface area contributed by atoms with Crippen molar-refractivity contribution in [2.75, 3.05) is 25.0 Å². The Balaban J connectivity index is 0.00000240. The fourth-order valence-electron chi connectivity index (χ4n) is 3.20. The van der Waals surface area contributed by atoms with Gasteiger partial charge in [-0.3, -0.25) is 4.79 Å². The van der Waals surface area contributed by atoms with Crippen molar-refractivity contribution < 1.29 is 9.53 Å². The molecule has 0 aromatic carbocycles. The van der Waals surface area contributed by atoms with Gasteiger partial charge in [-0.05, 0) is 56.7 Å². The van der Waals surface area contributed by atoms with E-state index >= 15 is 0 Å². The number of rotatable bonds is 5. The third kappa shape index (κ3) is 4.55. The number of anilines is 1. The molecule has 0 spiro atoms. The Morgan fingerprint density at radius 2 is 2.17 bits per heavy atom. The molecule has 3 aromatic rings. The van der Waals surface area contributed by atoms with Crippen LogP contribution in [0.25, 0.3) is 11.1 Å². The van der Waals surface area contributed by atoms with Gasteiger partial charge in [0.25, 0.3) is 5.91 Å². The first kappa shape index (κ1) is 20.8. The van der Waals surface area contributed by atoms with Gasteiger partial charge < -0.3 is 15.4 Å². The SMILES string of the molecule is CCOc1cn2nc(C)cc2cc1C(=O)Nc1ccc(C2=CCNCC2)nn1.Cl. The van der Waals surface area contributed by atoms with Crippen LogP contribution < -0.4 is 15.4 Å². The predicted octanol–water partition coefficient (Wildman–Crippen LogP) is 2.88. The molecule has 1 aliphatic heterocycles. The highest BCUT2D eigenvalue weighted by Crippen LogP contribution is 2.23. The largest absolute Gasteiger partial charge is 0.491 e. The van der Waals surface area contributed by atoms with Crippen LogP contribution in [0, 0.1) is 6.92 Å². The van der Waals surface area contributed by atoms with E-state index in [1.807, 2.05) is 26.0 Å². The molecule has 0 saturated carbocycles. The lowest BCUT2D eigenvalue weighted by molar-refractivity contribution is 0.102. The number of fused-ring (bicyclic) bond motifs is 1. The van der Waals surface area contributed by atoms with E-state index in [-0.39, 0.29) is 18.3 Å². The highest BCUT2D eigenvalue weighted by Gasteiger charge is 2.17. The van der Waals surface area contributed by atoms with Crippen molar-refractivity contribution in [3.8, 4) is 5.75 Å². The molecule has 2 N–H and O–H groups in total. The van der Waals surface area contributed by atoms with Gasteiger partial charge >= 0.3 is 0 Å². The van der Waals surface area contributed by atoms with Gasteiger partial charge in [-0.25, -0.2) is 4.52 Å². The number of nitrogens with one attached hydrogen (secondary N) is 2. The quantitative estimate of drug-likeness (QED) is 0.666. The van der Waals surface area contributed by atoms with Crippen molar-refractivity contribution in [1.82, 2.24) is 25.1 Å². The third-order valence-corrected chi connectivity index (χ3v) is 4.53. The van der Waals surface area contributed by atoms with Crippen LogP contribution in [0.3, 0.4) is 0 Å². The number of amides is 1. The molecular formula is C20H23ClN6O2. The summed E-state index contributed by atoms with van der Waals surface area (Å²) in [4.78, 5) is 12.8. The predicted molar refractivity (Wildman–Crippen MR) is 114 cm³/mol. The maximum absolute atomic E-state index is 12.8. The normalized spacial score (nSPS) is 13.5. The number of carbonyl (C=O) groups is 1. The Morgan fingerprint density at radius 1 is 1.31 bits per heavy atom. The van der Waals surface area contributed by atoms with E-state index in [1.165, 1.54) is 5.57 Å². The average Bonchev–Trinajstić information content (AvgIpc) is 3.08. The molecule has 0 aliphatic carbocycles. The maximum Gasteiger partial charge on any atom is 0.260 e. The van der Waals surface area contributed by atoms with Gasteiger partial charge in [-0.1, -0.05) is 6.08 Å².